The van der Waals surface area contributed by atoms with Gasteiger partial charge in [0.1, 0.15) is 0 Å². The SMILES string of the molecule is CCc1ccccc1CN(C(=O)c1ccncc1C)c1cc(Cl)cc(Cl)c1. The summed E-state index contributed by atoms with van der Waals surface area (Å²) in [5, 5.41) is 0.982. The van der Waals surface area contributed by atoms with E-state index < -0.39 is 0 Å². The third-order valence-electron chi connectivity index (χ3n) is 4.48. The Morgan fingerprint density at radius 3 is 2.33 bits per heavy atom. The summed E-state index contributed by atoms with van der Waals surface area (Å²) < 4.78 is 0. The molecule has 1 heterocycles. The first kappa shape index (κ1) is 19.4. The summed E-state index contributed by atoms with van der Waals surface area (Å²) in [6.45, 7) is 4.42. The molecule has 0 N–H and O–H groups in total. The molecule has 0 saturated carbocycles. The minimum Gasteiger partial charge on any atom is -0.304 e. The van der Waals surface area contributed by atoms with Crippen LogP contribution in [0.2, 0.25) is 10.0 Å². The second-order valence-corrected chi connectivity index (χ2v) is 7.20. The Labute approximate surface area is 169 Å². The molecule has 1 aromatic heterocycles. The number of aromatic nitrogens is 1. The maximum Gasteiger partial charge on any atom is 0.258 e. The summed E-state index contributed by atoms with van der Waals surface area (Å²) >= 11 is 12.4. The highest BCUT2D eigenvalue weighted by Crippen LogP contribution is 2.29. The van der Waals surface area contributed by atoms with Crippen LogP contribution in [-0.4, -0.2) is 10.9 Å². The van der Waals surface area contributed by atoms with Crippen LogP contribution >= 0.6 is 23.2 Å². The van der Waals surface area contributed by atoms with Crippen molar-refractivity contribution in [3.63, 3.8) is 0 Å². The quantitative estimate of drug-likeness (QED) is 0.519. The average molecular weight is 399 g/mol. The molecular weight excluding hydrogens is 379 g/mol. The Bertz CT molecular complexity index is 952. The maximum atomic E-state index is 13.4. The van der Waals surface area contributed by atoms with E-state index in [9.17, 15) is 4.79 Å². The van der Waals surface area contributed by atoms with Gasteiger partial charge in [0.2, 0.25) is 0 Å². The first-order valence-electron chi connectivity index (χ1n) is 8.75. The van der Waals surface area contributed by atoms with Gasteiger partial charge >= 0.3 is 0 Å². The van der Waals surface area contributed by atoms with E-state index in [1.807, 2.05) is 25.1 Å². The summed E-state index contributed by atoms with van der Waals surface area (Å²) in [6, 6.07) is 15.0. The molecule has 0 aliphatic rings. The van der Waals surface area contributed by atoms with Crippen LogP contribution in [0.15, 0.2) is 60.9 Å². The maximum absolute atomic E-state index is 13.4. The Balaban J connectivity index is 2.08. The lowest BCUT2D eigenvalue weighted by Crippen LogP contribution is -2.31. The number of benzene rings is 2. The van der Waals surface area contributed by atoms with Crippen LogP contribution in [0.3, 0.4) is 0 Å². The molecule has 2 aromatic carbocycles. The van der Waals surface area contributed by atoms with Crippen molar-refractivity contribution < 1.29 is 4.79 Å². The number of aryl methyl sites for hydroxylation is 2. The zero-order chi connectivity index (χ0) is 19.4. The van der Waals surface area contributed by atoms with E-state index in [4.69, 9.17) is 23.2 Å². The predicted octanol–water partition coefficient (Wildman–Crippen LogP) is 6.11. The second-order valence-electron chi connectivity index (χ2n) is 6.33. The molecule has 3 nitrogen and oxygen atoms in total. The molecule has 138 valence electrons. The fourth-order valence-corrected chi connectivity index (χ4v) is 3.58. The topological polar surface area (TPSA) is 33.2 Å². The second kappa shape index (κ2) is 8.55. The first-order chi connectivity index (χ1) is 13.0. The Morgan fingerprint density at radius 2 is 1.70 bits per heavy atom. The van der Waals surface area contributed by atoms with Crippen LogP contribution in [-0.2, 0) is 13.0 Å². The van der Waals surface area contributed by atoms with Crippen LogP contribution in [0.25, 0.3) is 0 Å². The van der Waals surface area contributed by atoms with E-state index in [-0.39, 0.29) is 5.91 Å². The Kier molecular flexibility index (Phi) is 6.15. The number of hydrogen-bond acceptors (Lipinski definition) is 2. The summed E-state index contributed by atoms with van der Waals surface area (Å²) in [5.41, 5.74) is 4.39. The van der Waals surface area contributed by atoms with Crippen LogP contribution in [0, 0.1) is 6.92 Å². The third kappa shape index (κ3) is 4.49. The van der Waals surface area contributed by atoms with Gasteiger partial charge in [0.15, 0.2) is 0 Å². The summed E-state index contributed by atoms with van der Waals surface area (Å²) in [4.78, 5) is 19.2. The molecule has 0 aliphatic heterocycles. The minimum absolute atomic E-state index is 0.112. The number of anilines is 1. The molecule has 5 heteroatoms. The summed E-state index contributed by atoms with van der Waals surface area (Å²) in [5.74, 6) is -0.112. The largest absolute Gasteiger partial charge is 0.304 e. The number of hydrogen-bond donors (Lipinski definition) is 0. The first-order valence-corrected chi connectivity index (χ1v) is 9.50. The van der Waals surface area contributed by atoms with E-state index in [0.29, 0.717) is 27.8 Å². The van der Waals surface area contributed by atoms with Crippen LogP contribution < -0.4 is 4.90 Å². The molecule has 1 amide bonds. The molecule has 0 aliphatic carbocycles. The molecule has 0 spiro atoms. The fourth-order valence-electron chi connectivity index (χ4n) is 3.06. The van der Waals surface area contributed by atoms with E-state index in [0.717, 1.165) is 17.5 Å². The molecule has 0 bridgehead atoms. The van der Waals surface area contributed by atoms with Crippen molar-refractivity contribution in [2.45, 2.75) is 26.8 Å². The monoisotopic (exact) mass is 398 g/mol. The highest BCUT2D eigenvalue weighted by molar-refractivity contribution is 6.35. The lowest BCUT2D eigenvalue weighted by atomic mass is 10.0. The molecule has 3 rings (SSSR count). The van der Waals surface area contributed by atoms with Crippen LogP contribution in [0.1, 0.15) is 34.0 Å². The van der Waals surface area contributed by atoms with Crippen molar-refractivity contribution in [1.29, 1.82) is 0 Å². The van der Waals surface area contributed by atoms with Crippen molar-refractivity contribution in [2.75, 3.05) is 4.90 Å². The van der Waals surface area contributed by atoms with Gasteiger partial charge in [-0.25, -0.2) is 0 Å². The van der Waals surface area contributed by atoms with Crippen molar-refractivity contribution in [3.05, 3.63) is 93.2 Å². The molecule has 0 radical (unpaired) electrons. The van der Waals surface area contributed by atoms with Gasteiger partial charge in [-0.05, 0) is 54.3 Å². The Hall–Kier alpha value is -2.36. The molecular formula is C22H20Cl2N2O. The lowest BCUT2D eigenvalue weighted by Gasteiger charge is -2.25. The predicted molar refractivity (Wildman–Crippen MR) is 112 cm³/mol. The van der Waals surface area contributed by atoms with Gasteiger partial charge in [-0.2, -0.15) is 0 Å². The van der Waals surface area contributed by atoms with Gasteiger partial charge in [-0.15, -0.1) is 0 Å². The summed E-state index contributed by atoms with van der Waals surface area (Å²) in [6.07, 6.45) is 4.21. The highest BCUT2D eigenvalue weighted by atomic mass is 35.5. The normalized spacial score (nSPS) is 10.7. The van der Waals surface area contributed by atoms with E-state index in [2.05, 4.69) is 18.0 Å². The number of rotatable bonds is 5. The number of carbonyl (C=O) groups excluding carboxylic acids is 1. The number of pyridine rings is 1. The molecule has 0 saturated heterocycles. The molecule has 3 aromatic rings. The van der Waals surface area contributed by atoms with Crippen LogP contribution in [0.4, 0.5) is 5.69 Å². The standard InChI is InChI=1S/C22H20Cl2N2O/c1-3-16-6-4-5-7-17(16)14-26(20-11-18(23)10-19(24)12-20)22(27)21-8-9-25-13-15(21)2/h4-13H,3,14H2,1-2H3. The van der Waals surface area contributed by atoms with Crippen molar-refractivity contribution in [1.82, 2.24) is 4.98 Å². The Morgan fingerprint density at radius 1 is 1.04 bits per heavy atom. The number of carbonyl (C=O) groups is 1. The highest BCUT2D eigenvalue weighted by Gasteiger charge is 2.21. The zero-order valence-corrected chi connectivity index (χ0v) is 16.8. The van der Waals surface area contributed by atoms with Gasteiger partial charge in [-0.1, -0.05) is 54.4 Å². The van der Waals surface area contributed by atoms with Gasteiger partial charge in [0.05, 0.1) is 6.54 Å². The number of nitrogens with zero attached hydrogens (tertiary/aromatic N) is 2. The van der Waals surface area contributed by atoms with E-state index in [1.165, 1.54) is 5.56 Å². The molecule has 0 unspecified atom stereocenters. The van der Waals surface area contributed by atoms with Gasteiger partial charge in [0, 0.05) is 33.7 Å². The number of amides is 1. The van der Waals surface area contributed by atoms with Crippen molar-refractivity contribution in [2.24, 2.45) is 0 Å². The van der Waals surface area contributed by atoms with Gasteiger partial charge in [-0.3, -0.25) is 9.78 Å². The third-order valence-corrected chi connectivity index (χ3v) is 4.92. The van der Waals surface area contributed by atoms with E-state index >= 15 is 0 Å². The van der Waals surface area contributed by atoms with Crippen molar-refractivity contribution >= 4 is 34.8 Å². The zero-order valence-electron chi connectivity index (χ0n) is 15.2. The van der Waals surface area contributed by atoms with E-state index in [1.54, 1.807) is 41.6 Å². The smallest absolute Gasteiger partial charge is 0.258 e. The minimum atomic E-state index is -0.112. The van der Waals surface area contributed by atoms with Crippen LogP contribution in [0.5, 0.6) is 0 Å². The summed E-state index contributed by atoms with van der Waals surface area (Å²) in [7, 11) is 0. The lowest BCUT2D eigenvalue weighted by molar-refractivity contribution is 0.0984. The van der Waals surface area contributed by atoms with Gasteiger partial charge < -0.3 is 4.90 Å². The number of halogens is 2. The average Bonchev–Trinajstić information content (AvgIpc) is 2.65. The molecule has 0 fully saturated rings. The molecule has 27 heavy (non-hydrogen) atoms. The van der Waals surface area contributed by atoms with Gasteiger partial charge in [0.25, 0.3) is 5.91 Å². The fraction of sp³-hybridized carbons (Fsp3) is 0.182. The molecule has 0 atom stereocenters. The van der Waals surface area contributed by atoms with Crippen molar-refractivity contribution in [3.8, 4) is 0 Å².